The van der Waals surface area contributed by atoms with Gasteiger partial charge in [0.1, 0.15) is 4.21 Å². The molecule has 0 unspecified atom stereocenters. The van der Waals surface area contributed by atoms with Crippen LogP contribution in [-0.4, -0.2) is 35.2 Å². The van der Waals surface area contributed by atoms with Gasteiger partial charge in [-0.15, -0.1) is 11.3 Å². The highest BCUT2D eigenvalue weighted by molar-refractivity contribution is 7.92. The third kappa shape index (κ3) is 5.03. The van der Waals surface area contributed by atoms with Crippen LogP contribution in [0.5, 0.6) is 0 Å². The molecule has 0 spiro atoms. The normalized spacial score (nSPS) is 17.4. The van der Waals surface area contributed by atoms with E-state index in [1.54, 1.807) is 6.07 Å². The Morgan fingerprint density at radius 2 is 1.86 bits per heavy atom. The molecule has 1 aliphatic rings. The summed E-state index contributed by atoms with van der Waals surface area (Å²) in [6.45, 7) is 1.70. The summed E-state index contributed by atoms with van der Waals surface area (Å²) < 4.78 is 52.8. The van der Waals surface area contributed by atoms with Crippen LogP contribution in [0.25, 0.3) is 0 Å². The van der Waals surface area contributed by atoms with Crippen molar-refractivity contribution in [1.29, 1.82) is 0 Å². The molecule has 1 aromatic heterocycles. The van der Waals surface area contributed by atoms with Crippen molar-refractivity contribution in [3.05, 3.63) is 17.0 Å². The number of rotatable bonds is 7. The number of hydrogen-bond acceptors (Lipinski definition) is 5. The largest absolute Gasteiger partial charge is 0.250 e. The molecule has 9 heteroatoms. The van der Waals surface area contributed by atoms with E-state index < -0.39 is 20.0 Å². The number of aryl methyl sites for hydroxylation is 1. The lowest BCUT2D eigenvalue weighted by Crippen LogP contribution is -2.38. The van der Waals surface area contributed by atoms with E-state index in [9.17, 15) is 16.8 Å². The highest BCUT2D eigenvalue weighted by Crippen LogP contribution is 2.20. The van der Waals surface area contributed by atoms with E-state index in [1.807, 2.05) is 6.92 Å². The first kappa shape index (κ1) is 16.9. The second-order valence-corrected chi connectivity index (χ2v) is 10.3. The van der Waals surface area contributed by atoms with Crippen LogP contribution >= 0.6 is 11.3 Å². The van der Waals surface area contributed by atoms with Crippen molar-refractivity contribution >= 4 is 31.4 Å². The van der Waals surface area contributed by atoms with Crippen LogP contribution in [0.3, 0.4) is 0 Å². The molecule has 21 heavy (non-hydrogen) atoms. The Morgan fingerprint density at radius 1 is 1.19 bits per heavy atom. The van der Waals surface area contributed by atoms with Crippen LogP contribution in [0.15, 0.2) is 16.3 Å². The maximum atomic E-state index is 12.0. The summed E-state index contributed by atoms with van der Waals surface area (Å²) in [5, 5.41) is 0. The van der Waals surface area contributed by atoms with Gasteiger partial charge < -0.3 is 0 Å². The fraction of sp³-hybridized carbons (Fsp3) is 0.667. The first-order valence-corrected chi connectivity index (χ1v) is 10.8. The smallest absolute Gasteiger partial charge is 0.212 e. The lowest BCUT2D eigenvalue weighted by Gasteiger charge is -2.12. The second-order valence-electron chi connectivity index (χ2n) is 5.18. The van der Waals surface area contributed by atoms with Crippen molar-refractivity contribution in [2.45, 2.75) is 42.9 Å². The lowest BCUT2D eigenvalue weighted by molar-refractivity contribution is 0.550. The van der Waals surface area contributed by atoms with Gasteiger partial charge in [-0.05, 0) is 31.9 Å². The van der Waals surface area contributed by atoms with Gasteiger partial charge in [0.25, 0.3) is 0 Å². The summed E-state index contributed by atoms with van der Waals surface area (Å²) in [7, 11) is -7.05. The average Bonchev–Trinajstić information content (AvgIpc) is 2.99. The van der Waals surface area contributed by atoms with Crippen molar-refractivity contribution in [3.8, 4) is 0 Å². The predicted molar refractivity (Wildman–Crippen MR) is 83.4 cm³/mol. The van der Waals surface area contributed by atoms with Crippen LogP contribution in [0.2, 0.25) is 0 Å². The van der Waals surface area contributed by atoms with Gasteiger partial charge in [-0.25, -0.2) is 26.3 Å². The molecule has 120 valence electrons. The molecule has 0 radical (unpaired) electrons. The van der Waals surface area contributed by atoms with Gasteiger partial charge in [-0.2, -0.15) is 0 Å². The Morgan fingerprint density at radius 3 is 2.43 bits per heavy atom. The first-order valence-electron chi connectivity index (χ1n) is 6.85. The number of hydrogen-bond donors (Lipinski definition) is 2. The predicted octanol–water partition coefficient (Wildman–Crippen LogP) is 1.20. The van der Waals surface area contributed by atoms with Gasteiger partial charge in [0.15, 0.2) is 0 Å². The Kier molecular flexibility index (Phi) is 5.42. The Bertz CT molecular complexity index is 673. The Hall–Kier alpha value is -0.480. The third-order valence-electron chi connectivity index (χ3n) is 3.34. The fourth-order valence-corrected chi connectivity index (χ4v) is 6.02. The number of thiophene rings is 1. The molecule has 0 aliphatic heterocycles. The van der Waals surface area contributed by atoms with E-state index >= 15 is 0 Å². The summed E-state index contributed by atoms with van der Waals surface area (Å²) in [4.78, 5) is 0.894. The summed E-state index contributed by atoms with van der Waals surface area (Å²) in [5.74, 6) is -0.243. The van der Waals surface area contributed by atoms with Gasteiger partial charge in [-0.1, -0.05) is 12.8 Å². The summed E-state index contributed by atoms with van der Waals surface area (Å²) in [5.41, 5.74) is 0. The van der Waals surface area contributed by atoms with E-state index in [4.69, 9.17) is 0 Å². The standard InChI is InChI=1S/C12H20N2O4S3/c1-10-6-7-12(19-10)21(17,18)13-8-9-20(15,16)14-11-4-2-3-5-11/h6-7,11,13-14H,2-5,8-9H2,1H3. The van der Waals surface area contributed by atoms with Crippen LogP contribution in [0.1, 0.15) is 30.6 Å². The molecule has 1 aromatic rings. The monoisotopic (exact) mass is 352 g/mol. The SMILES string of the molecule is Cc1ccc(S(=O)(=O)NCCS(=O)(=O)NC2CCCC2)s1. The topological polar surface area (TPSA) is 92.3 Å². The molecular weight excluding hydrogens is 332 g/mol. The van der Waals surface area contributed by atoms with Gasteiger partial charge in [-0.3, -0.25) is 0 Å². The molecule has 0 bridgehead atoms. The molecule has 2 rings (SSSR count). The van der Waals surface area contributed by atoms with Crippen LogP contribution in [-0.2, 0) is 20.0 Å². The highest BCUT2D eigenvalue weighted by atomic mass is 32.2. The summed E-state index contributed by atoms with van der Waals surface area (Å²) >= 11 is 1.16. The van der Waals surface area contributed by atoms with E-state index in [-0.39, 0.29) is 22.5 Å². The maximum Gasteiger partial charge on any atom is 0.250 e. The van der Waals surface area contributed by atoms with Crippen molar-refractivity contribution < 1.29 is 16.8 Å². The molecule has 0 amide bonds. The maximum absolute atomic E-state index is 12.0. The van der Waals surface area contributed by atoms with Gasteiger partial charge in [0, 0.05) is 17.5 Å². The molecule has 0 saturated heterocycles. The minimum atomic E-state index is -3.61. The van der Waals surface area contributed by atoms with Crippen LogP contribution in [0.4, 0.5) is 0 Å². The zero-order valence-corrected chi connectivity index (χ0v) is 14.3. The number of sulfonamides is 2. The molecule has 0 aromatic carbocycles. The summed E-state index contributed by atoms with van der Waals surface area (Å²) in [6, 6.07) is 3.25. The van der Waals surface area contributed by atoms with E-state index in [0.717, 1.165) is 41.9 Å². The quantitative estimate of drug-likeness (QED) is 0.771. The van der Waals surface area contributed by atoms with E-state index in [2.05, 4.69) is 9.44 Å². The second kappa shape index (κ2) is 6.74. The van der Waals surface area contributed by atoms with Gasteiger partial charge >= 0.3 is 0 Å². The molecule has 6 nitrogen and oxygen atoms in total. The average molecular weight is 353 g/mol. The van der Waals surface area contributed by atoms with Crippen molar-refractivity contribution in [2.24, 2.45) is 0 Å². The zero-order valence-electron chi connectivity index (χ0n) is 11.8. The molecule has 1 heterocycles. The van der Waals surface area contributed by atoms with E-state index in [1.165, 1.54) is 6.07 Å². The minimum Gasteiger partial charge on any atom is -0.212 e. The molecule has 2 N–H and O–H groups in total. The van der Waals surface area contributed by atoms with Crippen molar-refractivity contribution in [2.75, 3.05) is 12.3 Å². The summed E-state index contributed by atoms with van der Waals surface area (Å²) in [6.07, 6.45) is 3.80. The van der Waals surface area contributed by atoms with E-state index in [0.29, 0.717) is 0 Å². The van der Waals surface area contributed by atoms with Gasteiger partial charge in [0.2, 0.25) is 20.0 Å². The van der Waals surface area contributed by atoms with Crippen molar-refractivity contribution in [1.82, 2.24) is 9.44 Å². The Balaban J connectivity index is 1.85. The molecular formula is C12H20N2O4S3. The molecule has 1 fully saturated rings. The lowest BCUT2D eigenvalue weighted by atomic mass is 10.3. The van der Waals surface area contributed by atoms with Crippen molar-refractivity contribution in [3.63, 3.8) is 0 Å². The minimum absolute atomic E-state index is 0.00607. The third-order valence-corrected chi connectivity index (χ3v) is 7.73. The zero-order chi connectivity index (χ0) is 15.5. The van der Waals surface area contributed by atoms with Crippen LogP contribution in [0, 0.1) is 6.92 Å². The molecule has 1 aliphatic carbocycles. The molecule has 1 saturated carbocycles. The fourth-order valence-electron chi connectivity index (χ4n) is 2.29. The number of nitrogens with one attached hydrogen (secondary N) is 2. The van der Waals surface area contributed by atoms with Crippen LogP contribution < -0.4 is 9.44 Å². The Labute approximate surface area is 130 Å². The van der Waals surface area contributed by atoms with Gasteiger partial charge in [0.05, 0.1) is 5.75 Å². The molecule has 0 atom stereocenters. The highest BCUT2D eigenvalue weighted by Gasteiger charge is 2.22. The first-order chi connectivity index (χ1) is 9.78.